The number of aryl methyl sites for hydroxylation is 2. The lowest BCUT2D eigenvalue weighted by Crippen LogP contribution is -2.35. The minimum atomic E-state index is -3.77. The first kappa shape index (κ1) is 22.7. The summed E-state index contributed by atoms with van der Waals surface area (Å²) < 4.78 is 37.6. The molecular formula is C21H28N2O5S. The van der Waals surface area contributed by atoms with Crippen molar-refractivity contribution in [2.45, 2.75) is 32.6 Å². The lowest BCUT2D eigenvalue weighted by atomic mass is 10.1. The highest BCUT2D eigenvalue weighted by atomic mass is 32.2. The van der Waals surface area contributed by atoms with Gasteiger partial charge in [-0.05, 0) is 63.1 Å². The van der Waals surface area contributed by atoms with E-state index in [2.05, 4.69) is 5.32 Å². The number of hydrogen-bond donors (Lipinski definition) is 1. The number of rotatable bonds is 9. The third kappa shape index (κ3) is 5.71. The van der Waals surface area contributed by atoms with E-state index in [1.165, 1.54) is 7.05 Å². The van der Waals surface area contributed by atoms with Crippen LogP contribution in [0.25, 0.3) is 0 Å². The fourth-order valence-electron chi connectivity index (χ4n) is 2.67. The minimum Gasteiger partial charge on any atom is -0.490 e. The molecule has 7 nitrogen and oxygen atoms in total. The first-order valence-corrected chi connectivity index (χ1v) is 10.9. The Kier molecular flexibility index (Phi) is 7.64. The molecule has 1 N–H and O–H groups in total. The number of sulfonamides is 1. The van der Waals surface area contributed by atoms with Crippen LogP contribution in [0.3, 0.4) is 0 Å². The second-order valence-electron chi connectivity index (χ2n) is 6.58. The van der Waals surface area contributed by atoms with Crippen molar-refractivity contribution in [1.82, 2.24) is 4.31 Å². The molecule has 0 fully saturated rings. The maximum absolute atomic E-state index is 12.7. The Morgan fingerprint density at radius 3 is 2.24 bits per heavy atom. The molecular weight excluding hydrogens is 392 g/mol. The van der Waals surface area contributed by atoms with Crippen molar-refractivity contribution in [3.63, 3.8) is 0 Å². The molecule has 0 aliphatic carbocycles. The number of ether oxygens (including phenoxy) is 2. The summed E-state index contributed by atoms with van der Waals surface area (Å²) in [7, 11) is -2.39. The monoisotopic (exact) mass is 420 g/mol. The van der Waals surface area contributed by atoms with E-state index in [9.17, 15) is 13.2 Å². The van der Waals surface area contributed by atoms with Gasteiger partial charge in [0, 0.05) is 18.8 Å². The number of amides is 1. The molecule has 0 aromatic heterocycles. The number of likely N-dealkylation sites (N-methyl/N-ethyl adjacent to an activating group) is 1. The first-order valence-electron chi connectivity index (χ1n) is 9.42. The van der Waals surface area contributed by atoms with Gasteiger partial charge in [0.25, 0.3) is 0 Å². The fourth-order valence-corrected chi connectivity index (χ4v) is 3.88. The molecule has 0 saturated carbocycles. The molecule has 2 rings (SSSR count). The second-order valence-corrected chi connectivity index (χ2v) is 8.63. The van der Waals surface area contributed by atoms with Crippen LogP contribution in [0.4, 0.5) is 5.69 Å². The Morgan fingerprint density at radius 1 is 0.966 bits per heavy atom. The Hall–Kier alpha value is -2.58. The summed E-state index contributed by atoms with van der Waals surface area (Å²) in [6.45, 7) is 8.12. The molecule has 2 aromatic rings. The highest BCUT2D eigenvalue weighted by molar-refractivity contribution is 7.89. The summed E-state index contributed by atoms with van der Waals surface area (Å²) in [6.07, 6.45) is 0. The Balaban J connectivity index is 2.11. The quantitative estimate of drug-likeness (QED) is 0.672. The Morgan fingerprint density at radius 2 is 1.62 bits per heavy atom. The van der Waals surface area contributed by atoms with E-state index in [0.29, 0.717) is 30.4 Å². The fraction of sp³-hybridized carbons (Fsp3) is 0.381. The third-order valence-electron chi connectivity index (χ3n) is 4.38. The SMILES string of the molecule is CCOc1ccc(NC(=O)CN(C)S(=O)(=O)c2ccc(C)c(C)c2)cc1OCC. The van der Waals surface area contributed by atoms with E-state index in [4.69, 9.17) is 9.47 Å². The summed E-state index contributed by atoms with van der Waals surface area (Å²) in [5.74, 6) is 0.650. The van der Waals surface area contributed by atoms with Gasteiger partial charge in [0.2, 0.25) is 15.9 Å². The summed E-state index contributed by atoms with van der Waals surface area (Å²) in [5.41, 5.74) is 2.38. The van der Waals surface area contributed by atoms with Gasteiger partial charge in [0.15, 0.2) is 11.5 Å². The zero-order valence-corrected chi connectivity index (χ0v) is 18.3. The van der Waals surface area contributed by atoms with Gasteiger partial charge in [-0.2, -0.15) is 4.31 Å². The largest absolute Gasteiger partial charge is 0.490 e. The average Bonchev–Trinajstić information content (AvgIpc) is 2.66. The van der Waals surface area contributed by atoms with Crippen LogP contribution >= 0.6 is 0 Å². The van der Waals surface area contributed by atoms with Crippen LogP contribution in [-0.2, 0) is 14.8 Å². The molecule has 0 aliphatic heterocycles. The van der Waals surface area contributed by atoms with E-state index >= 15 is 0 Å². The van der Waals surface area contributed by atoms with Crippen LogP contribution in [0.1, 0.15) is 25.0 Å². The molecule has 8 heteroatoms. The summed E-state index contributed by atoms with van der Waals surface area (Å²) in [6, 6.07) is 9.96. The van der Waals surface area contributed by atoms with Gasteiger partial charge in [-0.3, -0.25) is 4.79 Å². The van der Waals surface area contributed by atoms with Gasteiger partial charge in [0.1, 0.15) is 0 Å². The van der Waals surface area contributed by atoms with Crippen molar-refractivity contribution in [3.05, 3.63) is 47.5 Å². The molecule has 158 valence electrons. The third-order valence-corrected chi connectivity index (χ3v) is 6.18. The van der Waals surface area contributed by atoms with Crippen LogP contribution in [0, 0.1) is 13.8 Å². The van der Waals surface area contributed by atoms with E-state index in [0.717, 1.165) is 15.4 Å². The van der Waals surface area contributed by atoms with Crippen molar-refractivity contribution < 1.29 is 22.7 Å². The molecule has 0 aliphatic rings. The summed E-state index contributed by atoms with van der Waals surface area (Å²) in [4.78, 5) is 12.6. The number of anilines is 1. The predicted molar refractivity (Wildman–Crippen MR) is 113 cm³/mol. The molecule has 0 spiro atoms. The van der Waals surface area contributed by atoms with Crippen LogP contribution in [0.5, 0.6) is 11.5 Å². The van der Waals surface area contributed by atoms with Gasteiger partial charge < -0.3 is 14.8 Å². The standard InChI is InChI=1S/C21H28N2O5S/c1-6-27-19-11-9-17(13-20(19)28-7-2)22-21(24)14-23(5)29(25,26)18-10-8-15(3)16(4)12-18/h8-13H,6-7,14H2,1-5H3,(H,22,24). The van der Waals surface area contributed by atoms with Crippen molar-refractivity contribution >= 4 is 21.6 Å². The molecule has 0 heterocycles. The number of carbonyl (C=O) groups excluding carboxylic acids is 1. The van der Waals surface area contributed by atoms with E-state index < -0.39 is 15.9 Å². The van der Waals surface area contributed by atoms with Crippen LogP contribution in [0.2, 0.25) is 0 Å². The van der Waals surface area contributed by atoms with Crippen molar-refractivity contribution in [3.8, 4) is 11.5 Å². The smallest absolute Gasteiger partial charge is 0.243 e. The maximum atomic E-state index is 12.7. The molecule has 0 radical (unpaired) electrons. The van der Waals surface area contributed by atoms with Gasteiger partial charge >= 0.3 is 0 Å². The van der Waals surface area contributed by atoms with E-state index in [1.807, 2.05) is 27.7 Å². The zero-order chi connectivity index (χ0) is 21.6. The van der Waals surface area contributed by atoms with Gasteiger partial charge in [0.05, 0.1) is 24.7 Å². The maximum Gasteiger partial charge on any atom is 0.243 e. The highest BCUT2D eigenvalue weighted by Gasteiger charge is 2.23. The van der Waals surface area contributed by atoms with Crippen LogP contribution < -0.4 is 14.8 Å². The average molecular weight is 421 g/mol. The molecule has 0 bridgehead atoms. The van der Waals surface area contributed by atoms with Crippen molar-refractivity contribution in [2.75, 3.05) is 32.1 Å². The molecule has 0 unspecified atom stereocenters. The van der Waals surface area contributed by atoms with Crippen LogP contribution in [-0.4, -0.2) is 45.4 Å². The lowest BCUT2D eigenvalue weighted by Gasteiger charge is -2.18. The van der Waals surface area contributed by atoms with Crippen molar-refractivity contribution in [2.24, 2.45) is 0 Å². The second kappa shape index (κ2) is 9.76. The lowest BCUT2D eigenvalue weighted by molar-refractivity contribution is -0.116. The summed E-state index contributed by atoms with van der Waals surface area (Å²) in [5, 5.41) is 2.70. The van der Waals surface area contributed by atoms with Gasteiger partial charge in [-0.1, -0.05) is 6.07 Å². The minimum absolute atomic E-state index is 0.163. The summed E-state index contributed by atoms with van der Waals surface area (Å²) >= 11 is 0. The normalized spacial score (nSPS) is 11.4. The number of carbonyl (C=O) groups is 1. The zero-order valence-electron chi connectivity index (χ0n) is 17.5. The molecule has 0 atom stereocenters. The highest BCUT2D eigenvalue weighted by Crippen LogP contribution is 2.30. The first-order chi connectivity index (χ1) is 13.7. The van der Waals surface area contributed by atoms with E-state index in [1.54, 1.807) is 36.4 Å². The number of hydrogen-bond acceptors (Lipinski definition) is 5. The van der Waals surface area contributed by atoms with Gasteiger partial charge in [-0.15, -0.1) is 0 Å². The molecule has 29 heavy (non-hydrogen) atoms. The molecule has 2 aromatic carbocycles. The van der Waals surface area contributed by atoms with E-state index in [-0.39, 0.29) is 11.4 Å². The molecule has 0 saturated heterocycles. The number of nitrogens with one attached hydrogen (secondary N) is 1. The molecule has 1 amide bonds. The Bertz CT molecular complexity index is 973. The van der Waals surface area contributed by atoms with Gasteiger partial charge in [-0.25, -0.2) is 8.42 Å². The number of nitrogens with zero attached hydrogens (tertiary/aromatic N) is 1. The number of benzene rings is 2. The predicted octanol–water partition coefficient (Wildman–Crippen LogP) is 3.36. The van der Waals surface area contributed by atoms with Crippen LogP contribution in [0.15, 0.2) is 41.3 Å². The van der Waals surface area contributed by atoms with Crippen molar-refractivity contribution in [1.29, 1.82) is 0 Å². The Labute approximate surface area is 172 Å². The topological polar surface area (TPSA) is 84.9 Å².